The molecule has 2 aliphatic rings. The van der Waals surface area contributed by atoms with Gasteiger partial charge in [0, 0.05) is 19.4 Å². The van der Waals surface area contributed by atoms with Crippen molar-refractivity contribution < 1.29 is 18.7 Å². The minimum Gasteiger partial charge on any atom is -0.464 e. The van der Waals surface area contributed by atoms with Crippen molar-refractivity contribution in [2.24, 2.45) is 0 Å². The van der Waals surface area contributed by atoms with Gasteiger partial charge in [-0.05, 0) is 18.9 Å². The van der Waals surface area contributed by atoms with Gasteiger partial charge in [-0.2, -0.15) is 0 Å². The van der Waals surface area contributed by atoms with Crippen molar-refractivity contribution in [2.45, 2.75) is 31.7 Å². The lowest BCUT2D eigenvalue weighted by atomic mass is 9.93. The zero-order chi connectivity index (χ0) is 11.8. The van der Waals surface area contributed by atoms with Crippen molar-refractivity contribution in [2.75, 3.05) is 13.2 Å². The number of carbonyl (C=O) groups is 2. The lowest BCUT2D eigenvalue weighted by molar-refractivity contribution is -0.157. The van der Waals surface area contributed by atoms with Gasteiger partial charge in [-0.15, -0.1) is 0 Å². The van der Waals surface area contributed by atoms with E-state index in [2.05, 4.69) is 0 Å². The van der Waals surface area contributed by atoms with E-state index in [9.17, 15) is 14.0 Å². The third-order valence-electron chi connectivity index (χ3n) is 3.26. The van der Waals surface area contributed by atoms with E-state index in [1.165, 1.54) is 4.90 Å². The predicted molar refractivity (Wildman–Crippen MR) is 54.1 cm³/mol. The number of hydrogen-bond donors (Lipinski definition) is 0. The molecular formula is C11H14FNO3. The molecule has 16 heavy (non-hydrogen) atoms. The molecular weight excluding hydrogens is 213 g/mol. The fraction of sp³-hybridized carbons (Fsp3) is 0.636. The van der Waals surface area contributed by atoms with Crippen molar-refractivity contribution in [3.8, 4) is 0 Å². The van der Waals surface area contributed by atoms with Crippen molar-refractivity contribution in [3.05, 3.63) is 11.9 Å². The number of halogens is 1. The molecule has 0 aromatic heterocycles. The molecule has 0 aromatic rings. The molecule has 0 bridgehead atoms. The van der Waals surface area contributed by atoms with Gasteiger partial charge < -0.3 is 9.64 Å². The van der Waals surface area contributed by atoms with Gasteiger partial charge in [0.2, 0.25) is 5.91 Å². The second-order valence-electron chi connectivity index (χ2n) is 4.18. The van der Waals surface area contributed by atoms with Gasteiger partial charge in [0.15, 0.2) is 0 Å². The summed E-state index contributed by atoms with van der Waals surface area (Å²) >= 11 is 0. The third-order valence-corrected chi connectivity index (χ3v) is 3.26. The molecule has 2 saturated heterocycles. The Bertz CT molecular complexity index is 366. The van der Waals surface area contributed by atoms with Crippen molar-refractivity contribution in [3.63, 3.8) is 0 Å². The van der Waals surface area contributed by atoms with Crippen molar-refractivity contribution >= 4 is 11.9 Å². The maximum absolute atomic E-state index is 12.5. The summed E-state index contributed by atoms with van der Waals surface area (Å²) in [6, 6.07) is 0. The molecule has 0 radical (unpaired) electrons. The first-order valence-electron chi connectivity index (χ1n) is 5.40. The quantitative estimate of drug-likeness (QED) is 0.665. The number of carbonyl (C=O) groups excluding carboxylic acids is 2. The molecule has 0 aromatic carbocycles. The number of rotatable bonds is 2. The highest BCUT2D eigenvalue weighted by Crippen LogP contribution is 2.42. The molecule has 2 aliphatic heterocycles. The summed E-state index contributed by atoms with van der Waals surface area (Å²) in [4.78, 5) is 24.9. The SMILES string of the molecule is CCOC(=O)[C@@]12CCC(=O)N1C/C(=C\F)C2. The Balaban J connectivity index is 2.29. The highest BCUT2D eigenvalue weighted by Gasteiger charge is 2.56. The standard InChI is InChI=1S/C11H14FNO3/c1-2-16-10(15)11-4-3-9(14)13(11)7-8(5-11)6-12/h6H,2-5,7H2,1H3/b8-6-/t11-/m0/s1. The van der Waals surface area contributed by atoms with Crippen LogP contribution in [0.4, 0.5) is 4.39 Å². The van der Waals surface area contributed by atoms with Crippen LogP contribution in [0.25, 0.3) is 0 Å². The number of hydrogen-bond acceptors (Lipinski definition) is 3. The summed E-state index contributed by atoms with van der Waals surface area (Å²) in [5.41, 5.74) is -0.438. The average Bonchev–Trinajstić information content (AvgIpc) is 2.78. The number of ether oxygens (including phenoxy) is 1. The normalized spacial score (nSPS) is 31.0. The van der Waals surface area contributed by atoms with Crippen LogP contribution in [0, 0.1) is 0 Å². The maximum atomic E-state index is 12.5. The van der Waals surface area contributed by atoms with E-state index in [-0.39, 0.29) is 25.5 Å². The fourth-order valence-corrected chi connectivity index (χ4v) is 2.50. The molecule has 0 aliphatic carbocycles. The first-order valence-corrected chi connectivity index (χ1v) is 5.40. The van der Waals surface area contributed by atoms with Crippen LogP contribution in [0.1, 0.15) is 26.2 Å². The van der Waals surface area contributed by atoms with E-state index in [0.29, 0.717) is 24.7 Å². The van der Waals surface area contributed by atoms with Gasteiger partial charge in [0.1, 0.15) is 5.54 Å². The Labute approximate surface area is 93.0 Å². The fourth-order valence-electron chi connectivity index (χ4n) is 2.50. The third kappa shape index (κ3) is 1.42. The summed E-state index contributed by atoms with van der Waals surface area (Å²) in [5, 5.41) is 0. The van der Waals surface area contributed by atoms with Crippen LogP contribution in [-0.4, -0.2) is 35.5 Å². The van der Waals surface area contributed by atoms with Gasteiger partial charge in [0.25, 0.3) is 0 Å². The van der Waals surface area contributed by atoms with Crippen LogP contribution in [0.3, 0.4) is 0 Å². The Morgan fingerprint density at radius 1 is 1.69 bits per heavy atom. The molecule has 0 saturated carbocycles. The van der Waals surface area contributed by atoms with E-state index in [0.717, 1.165) is 0 Å². The van der Waals surface area contributed by atoms with Crippen LogP contribution >= 0.6 is 0 Å². The van der Waals surface area contributed by atoms with Crippen LogP contribution in [-0.2, 0) is 14.3 Å². The second kappa shape index (κ2) is 3.88. The molecule has 88 valence electrons. The van der Waals surface area contributed by atoms with Crippen molar-refractivity contribution in [1.29, 1.82) is 0 Å². The van der Waals surface area contributed by atoms with Crippen LogP contribution in [0.5, 0.6) is 0 Å². The number of fused-ring (bicyclic) bond motifs is 1. The Morgan fingerprint density at radius 2 is 2.44 bits per heavy atom. The molecule has 2 rings (SSSR count). The van der Waals surface area contributed by atoms with Gasteiger partial charge in [-0.1, -0.05) is 0 Å². The summed E-state index contributed by atoms with van der Waals surface area (Å²) in [6.45, 7) is 2.21. The summed E-state index contributed by atoms with van der Waals surface area (Å²) in [6.07, 6.45) is 1.54. The lowest BCUT2D eigenvalue weighted by Gasteiger charge is -2.28. The van der Waals surface area contributed by atoms with Crippen molar-refractivity contribution in [1.82, 2.24) is 4.90 Å². The van der Waals surface area contributed by atoms with Crippen LogP contribution in [0.2, 0.25) is 0 Å². The van der Waals surface area contributed by atoms with Gasteiger partial charge in [-0.25, -0.2) is 9.18 Å². The summed E-state index contributed by atoms with van der Waals surface area (Å²) in [5.74, 6) is -0.498. The Morgan fingerprint density at radius 3 is 3.06 bits per heavy atom. The van der Waals surface area contributed by atoms with Gasteiger partial charge >= 0.3 is 5.97 Å². The monoisotopic (exact) mass is 227 g/mol. The zero-order valence-electron chi connectivity index (χ0n) is 9.16. The molecule has 2 fully saturated rings. The molecule has 1 amide bonds. The predicted octanol–water partition coefficient (Wildman–Crippen LogP) is 1.17. The zero-order valence-corrected chi connectivity index (χ0v) is 9.16. The van der Waals surface area contributed by atoms with Gasteiger partial charge in [0.05, 0.1) is 12.9 Å². The minimum atomic E-state index is -0.926. The number of amides is 1. The van der Waals surface area contributed by atoms with Crippen LogP contribution < -0.4 is 0 Å². The molecule has 1 atom stereocenters. The first kappa shape index (κ1) is 11.1. The summed E-state index contributed by atoms with van der Waals surface area (Å²) < 4.78 is 17.5. The molecule has 5 heteroatoms. The largest absolute Gasteiger partial charge is 0.464 e. The van der Waals surface area contributed by atoms with Gasteiger partial charge in [-0.3, -0.25) is 4.79 Å². The highest BCUT2D eigenvalue weighted by molar-refractivity contribution is 5.93. The molecule has 0 unspecified atom stereocenters. The number of esters is 1. The lowest BCUT2D eigenvalue weighted by Crippen LogP contribution is -2.48. The maximum Gasteiger partial charge on any atom is 0.332 e. The van der Waals surface area contributed by atoms with E-state index < -0.39 is 11.5 Å². The molecule has 4 nitrogen and oxygen atoms in total. The van der Waals surface area contributed by atoms with E-state index in [4.69, 9.17) is 4.74 Å². The molecule has 2 heterocycles. The average molecular weight is 227 g/mol. The Hall–Kier alpha value is -1.39. The Kier molecular flexibility index (Phi) is 2.69. The minimum absolute atomic E-state index is 0.0927. The smallest absolute Gasteiger partial charge is 0.332 e. The molecule has 0 N–H and O–H groups in total. The van der Waals surface area contributed by atoms with E-state index >= 15 is 0 Å². The second-order valence-corrected chi connectivity index (χ2v) is 4.18. The summed E-state index contributed by atoms with van der Waals surface area (Å²) in [7, 11) is 0. The molecule has 0 spiro atoms. The van der Waals surface area contributed by atoms with E-state index in [1.54, 1.807) is 6.92 Å². The van der Waals surface area contributed by atoms with E-state index in [1.807, 2.05) is 0 Å². The first-order chi connectivity index (χ1) is 7.64. The topological polar surface area (TPSA) is 46.6 Å². The van der Waals surface area contributed by atoms with Crippen LogP contribution in [0.15, 0.2) is 11.9 Å². The number of nitrogens with zero attached hydrogens (tertiary/aromatic N) is 1. The highest BCUT2D eigenvalue weighted by atomic mass is 19.1.